The second kappa shape index (κ2) is 8.50. The highest BCUT2D eigenvalue weighted by molar-refractivity contribution is 5.96. The van der Waals surface area contributed by atoms with E-state index >= 15 is 0 Å². The van der Waals surface area contributed by atoms with Gasteiger partial charge in [-0.1, -0.05) is 50.2 Å². The Morgan fingerprint density at radius 1 is 1.09 bits per heavy atom. The van der Waals surface area contributed by atoms with Crippen molar-refractivity contribution in [2.45, 2.75) is 63.3 Å². The Hall–Kier alpha value is -2.41. The maximum Gasteiger partial charge on any atom is 0.417 e. The monoisotopic (exact) mass is 448 g/mol. The first kappa shape index (κ1) is 22.8. The molecule has 1 N–H and O–H groups in total. The quantitative estimate of drug-likeness (QED) is 0.553. The first-order valence-electron chi connectivity index (χ1n) is 11.1. The molecular formula is C25H28F4N2O. The van der Waals surface area contributed by atoms with E-state index in [9.17, 15) is 22.4 Å². The van der Waals surface area contributed by atoms with Crippen LogP contribution in [0.3, 0.4) is 0 Å². The van der Waals surface area contributed by atoms with Crippen molar-refractivity contribution in [3.8, 4) is 0 Å². The molecule has 2 aliphatic heterocycles. The van der Waals surface area contributed by atoms with Gasteiger partial charge in [-0.3, -0.25) is 9.69 Å². The molecule has 4 rings (SSSR count). The Kier molecular flexibility index (Phi) is 6.05. The van der Waals surface area contributed by atoms with E-state index < -0.39 is 40.6 Å². The molecule has 2 aromatic rings. The topological polar surface area (TPSA) is 32.3 Å². The number of amides is 1. The molecule has 2 heterocycles. The lowest BCUT2D eigenvalue weighted by Crippen LogP contribution is -2.53. The zero-order valence-corrected chi connectivity index (χ0v) is 18.3. The van der Waals surface area contributed by atoms with Crippen LogP contribution < -0.4 is 5.32 Å². The summed E-state index contributed by atoms with van der Waals surface area (Å²) in [5.74, 6) is -1.79. The van der Waals surface area contributed by atoms with Crippen LogP contribution in [0.5, 0.6) is 0 Å². The van der Waals surface area contributed by atoms with E-state index in [1.54, 1.807) is 0 Å². The number of alkyl halides is 3. The predicted molar refractivity (Wildman–Crippen MR) is 115 cm³/mol. The molecule has 0 aromatic heterocycles. The van der Waals surface area contributed by atoms with Crippen molar-refractivity contribution in [1.82, 2.24) is 10.2 Å². The first-order valence-corrected chi connectivity index (χ1v) is 11.1. The van der Waals surface area contributed by atoms with Gasteiger partial charge < -0.3 is 5.32 Å². The number of carbonyl (C=O) groups excluding carboxylic acids is 1. The van der Waals surface area contributed by atoms with Crippen LogP contribution in [-0.2, 0) is 6.18 Å². The maximum absolute atomic E-state index is 14.5. The highest BCUT2D eigenvalue weighted by Crippen LogP contribution is 2.53. The average Bonchev–Trinajstić information content (AvgIpc) is 3.26. The van der Waals surface area contributed by atoms with E-state index in [0.29, 0.717) is 12.0 Å². The molecule has 7 heteroatoms. The van der Waals surface area contributed by atoms with Crippen molar-refractivity contribution in [3.05, 3.63) is 71.0 Å². The third kappa shape index (κ3) is 4.03. The van der Waals surface area contributed by atoms with Crippen LogP contribution >= 0.6 is 0 Å². The Balaban J connectivity index is 1.76. The van der Waals surface area contributed by atoms with Crippen LogP contribution in [0.2, 0.25) is 0 Å². The molecule has 0 radical (unpaired) electrons. The molecule has 1 amide bonds. The fraction of sp³-hybridized carbons (Fsp3) is 0.480. The van der Waals surface area contributed by atoms with E-state index in [4.69, 9.17) is 0 Å². The molecule has 2 saturated heterocycles. The molecular weight excluding hydrogens is 420 g/mol. The Bertz CT molecular complexity index is 966. The van der Waals surface area contributed by atoms with Crippen LogP contribution in [0.1, 0.15) is 67.1 Å². The van der Waals surface area contributed by atoms with Gasteiger partial charge in [0.1, 0.15) is 5.82 Å². The molecule has 2 fully saturated rings. The molecule has 0 aliphatic carbocycles. The van der Waals surface area contributed by atoms with Gasteiger partial charge in [0.15, 0.2) is 0 Å². The highest BCUT2D eigenvalue weighted by Gasteiger charge is 2.56. The minimum Gasteiger partial charge on any atom is -0.343 e. The third-order valence-corrected chi connectivity index (χ3v) is 6.89. The summed E-state index contributed by atoms with van der Waals surface area (Å²) in [6.07, 6.45) is -1.18. The molecule has 3 nitrogen and oxygen atoms in total. The van der Waals surface area contributed by atoms with Crippen LogP contribution in [-0.4, -0.2) is 28.9 Å². The third-order valence-electron chi connectivity index (χ3n) is 6.89. The maximum atomic E-state index is 14.5. The van der Waals surface area contributed by atoms with E-state index in [2.05, 4.69) is 24.1 Å². The highest BCUT2D eigenvalue weighted by atomic mass is 19.4. The van der Waals surface area contributed by atoms with Gasteiger partial charge in [0.25, 0.3) is 5.91 Å². The molecule has 2 aliphatic rings. The zero-order valence-electron chi connectivity index (χ0n) is 18.3. The Labute approximate surface area is 185 Å². The van der Waals surface area contributed by atoms with Crippen LogP contribution in [0, 0.1) is 11.7 Å². The lowest BCUT2D eigenvalue weighted by Gasteiger charge is -2.43. The zero-order chi connectivity index (χ0) is 23.1. The summed E-state index contributed by atoms with van der Waals surface area (Å²) < 4.78 is 55.2. The molecule has 1 atom stereocenters. The number of halogens is 4. The van der Waals surface area contributed by atoms with E-state index in [1.165, 1.54) is 0 Å². The molecule has 32 heavy (non-hydrogen) atoms. The van der Waals surface area contributed by atoms with Crippen molar-refractivity contribution >= 4 is 5.91 Å². The number of nitrogens with one attached hydrogen (secondary N) is 1. The van der Waals surface area contributed by atoms with Gasteiger partial charge in [-0.2, -0.15) is 13.2 Å². The van der Waals surface area contributed by atoms with Gasteiger partial charge in [-0.05, 0) is 49.3 Å². The minimum absolute atomic E-state index is 0.393. The number of carbonyl (C=O) groups is 1. The van der Waals surface area contributed by atoms with Crippen molar-refractivity contribution in [3.63, 3.8) is 0 Å². The smallest absolute Gasteiger partial charge is 0.343 e. The average molecular weight is 449 g/mol. The summed E-state index contributed by atoms with van der Waals surface area (Å²) in [6.45, 7) is 5.12. The first-order chi connectivity index (χ1) is 15.1. The number of rotatable bonds is 6. The van der Waals surface area contributed by atoms with Gasteiger partial charge in [-0.25, -0.2) is 4.39 Å². The van der Waals surface area contributed by atoms with E-state index in [0.717, 1.165) is 56.0 Å². The summed E-state index contributed by atoms with van der Waals surface area (Å²) in [5.41, 5.74) is -1.77. The van der Waals surface area contributed by atoms with Gasteiger partial charge >= 0.3 is 6.18 Å². The molecule has 0 spiro atoms. The second-order valence-corrected chi connectivity index (χ2v) is 9.36. The fourth-order valence-corrected chi connectivity index (χ4v) is 5.61. The van der Waals surface area contributed by atoms with Gasteiger partial charge in [0.2, 0.25) is 0 Å². The summed E-state index contributed by atoms with van der Waals surface area (Å²) in [4.78, 5) is 15.6. The summed E-state index contributed by atoms with van der Waals surface area (Å²) in [5, 5.41) is 2.85. The number of hydrogen-bond acceptors (Lipinski definition) is 2. The molecule has 2 bridgehead atoms. The van der Waals surface area contributed by atoms with Gasteiger partial charge in [0, 0.05) is 18.1 Å². The number of hydrogen-bond donors (Lipinski definition) is 1. The van der Waals surface area contributed by atoms with Gasteiger partial charge in [-0.15, -0.1) is 0 Å². The predicted octanol–water partition coefficient (Wildman–Crippen LogP) is 5.97. The lowest BCUT2D eigenvalue weighted by atomic mass is 9.78. The standard InChI is InChI=1S/C25H28F4N2O/c1-16(2)15-31-18-11-13-24(31,14-12-18)22(17-7-4-3-5-8-17)30-23(32)21-19(25(27,28)29)9-6-10-20(21)26/h3-10,16,18,22H,11-15H2,1-2H3,(H,30,32). The fourth-order valence-electron chi connectivity index (χ4n) is 5.61. The summed E-state index contributed by atoms with van der Waals surface area (Å²) >= 11 is 0. The SMILES string of the molecule is CC(C)CN1C2CCC1(C(NC(=O)c1c(F)cccc1C(F)(F)F)c1ccccc1)CC2. The molecule has 1 unspecified atom stereocenters. The van der Waals surface area contributed by atoms with Crippen molar-refractivity contribution in [1.29, 1.82) is 0 Å². The van der Waals surface area contributed by atoms with Crippen LogP contribution in [0.15, 0.2) is 48.5 Å². The van der Waals surface area contributed by atoms with Gasteiger partial charge in [0.05, 0.1) is 17.2 Å². The van der Waals surface area contributed by atoms with Crippen molar-refractivity contribution in [2.24, 2.45) is 5.92 Å². The summed E-state index contributed by atoms with van der Waals surface area (Å²) in [7, 11) is 0. The van der Waals surface area contributed by atoms with Crippen molar-refractivity contribution in [2.75, 3.05) is 6.54 Å². The number of nitrogens with zero attached hydrogens (tertiary/aromatic N) is 1. The normalized spacial score (nSPS) is 24.2. The largest absolute Gasteiger partial charge is 0.417 e. The summed E-state index contributed by atoms with van der Waals surface area (Å²) in [6, 6.07) is 11.8. The van der Waals surface area contributed by atoms with E-state index in [-0.39, 0.29) is 0 Å². The Morgan fingerprint density at radius 3 is 2.34 bits per heavy atom. The number of benzene rings is 2. The van der Waals surface area contributed by atoms with Crippen molar-refractivity contribution < 1.29 is 22.4 Å². The van der Waals surface area contributed by atoms with Crippen LogP contribution in [0.25, 0.3) is 0 Å². The number of fused-ring (bicyclic) bond motifs is 2. The molecule has 2 aromatic carbocycles. The molecule has 0 saturated carbocycles. The lowest BCUT2D eigenvalue weighted by molar-refractivity contribution is -0.138. The minimum atomic E-state index is -4.83. The second-order valence-electron chi connectivity index (χ2n) is 9.36. The van der Waals surface area contributed by atoms with E-state index in [1.807, 2.05) is 30.3 Å². The molecule has 172 valence electrons. The van der Waals surface area contributed by atoms with Crippen LogP contribution in [0.4, 0.5) is 17.6 Å². The Morgan fingerprint density at radius 2 is 1.75 bits per heavy atom.